The van der Waals surface area contributed by atoms with Crippen molar-refractivity contribution in [3.05, 3.63) is 0 Å². The van der Waals surface area contributed by atoms with Crippen molar-refractivity contribution in [1.82, 2.24) is 0 Å². The fourth-order valence-corrected chi connectivity index (χ4v) is 1.77. The molecule has 3 atom stereocenters. The highest BCUT2D eigenvalue weighted by molar-refractivity contribution is 5.81. The first-order chi connectivity index (χ1) is 4.61. The van der Waals surface area contributed by atoms with Gasteiger partial charge in [0.25, 0.3) is 0 Å². The first-order valence-electron chi connectivity index (χ1n) is 4.14. The molecule has 0 spiro atoms. The molecular formula is C9H16O. The van der Waals surface area contributed by atoms with Crippen molar-refractivity contribution < 1.29 is 4.79 Å². The lowest BCUT2D eigenvalue weighted by Crippen LogP contribution is -2.28. The van der Waals surface area contributed by atoms with Crippen LogP contribution in [0.5, 0.6) is 0 Å². The maximum atomic E-state index is 11.2. The zero-order valence-corrected chi connectivity index (χ0v) is 7.05. The summed E-state index contributed by atoms with van der Waals surface area (Å²) < 4.78 is 0. The molecule has 0 aromatic carbocycles. The summed E-state index contributed by atoms with van der Waals surface area (Å²) in [4.78, 5) is 11.2. The first-order valence-corrected chi connectivity index (χ1v) is 4.14. The minimum absolute atomic E-state index is 0.316. The fraction of sp³-hybridized carbons (Fsp3) is 0.889. The van der Waals surface area contributed by atoms with Crippen LogP contribution in [0, 0.1) is 17.8 Å². The lowest BCUT2D eigenvalue weighted by atomic mass is 9.76. The van der Waals surface area contributed by atoms with E-state index < -0.39 is 0 Å². The summed E-state index contributed by atoms with van der Waals surface area (Å²) >= 11 is 0. The van der Waals surface area contributed by atoms with Crippen molar-refractivity contribution in [2.24, 2.45) is 17.8 Å². The number of Topliss-reactive ketones (excluding diaryl/α,β-unsaturated/α-hetero) is 1. The summed E-state index contributed by atoms with van der Waals surface area (Å²) in [6.07, 6.45) is 2.04. The molecule has 3 unspecified atom stereocenters. The van der Waals surface area contributed by atoms with Crippen LogP contribution in [0.2, 0.25) is 0 Å². The van der Waals surface area contributed by atoms with Gasteiger partial charge in [0.1, 0.15) is 5.78 Å². The van der Waals surface area contributed by atoms with Crippen LogP contribution in [0.1, 0.15) is 33.6 Å². The van der Waals surface area contributed by atoms with Crippen LogP contribution in [0.25, 0.3) is 0 Å². The molecule has 0 N–H and O–H groups in total. The van der Waals surface area contributed by atoms with Crippen LogP contribution in [0.15, 0.2) is 0 Å². The second-order valence-electron chi connectivity index (χ2n) is 3.78. The Labute approximate surface area is 62.8 Å². The van der Waals surface area contributed by atoms with Crippen molar-refractivity contribution in [3.63, 3.8) is 0 Å². The molecule has 1 nitrogen and oxygen atoms in total. The van der Waals surface area contributed by atoms with Crippen molar-refractivity contribution in [2.75, 3.05) is 0 Å². The highest BCUT2D eigenvalue weighted by Crippen LogP contribution is 2.30. The molecule has 0 amide bonds. The number of carbonyl (C=O) groups excluding carboxylic acids is 1. The summed E-state index contributed by atoms with van der Waals surface area (Å²) in [5.41, 5.74) is 0. The molecule has 0 aromatic rings. The van der Waals surface area contributed by atoms with Gasteiger partial charge in [-0.1, -0.05) is 20.8 Å². The minimum atomic E-state index is 0.316. The Morgan fingerprint density at radius 3 is 2.40 bits per heavy atom. The van der Waals surface area contributed by atoms with Crippen LogP contribution >= 0.6 is 0 Å². The Morgan fingerprint density at radius 1 is 1.30 bits per heavy atom. The lowest BCUT2D eigenvalue weighted by Gasteiger charge is -2.28. The predicted molar refractivity (Wildman–Crippen MR) is 41.7 cm³/mol. The van der Waals surface area contributed by atoms with E-state index in [2.05, 4.69) is 20.8 Å². The fourth-order valence-electron chi connectivity index (χ4n) is 1.77. The van der Waals surface area contributed by atoms with Crippen molar-refractivity contribution in [1.29, 1.82) is 0 Å². The van der Waals surface area contributed by atoms with Crippen LogP contribution in [0.3, 0.4) is 0 Å². The second kappa shape index (κ2) is 2.73. The number of ketones is 1. The molecule has 1 aliphatic carbocycles. The number of hydrogen-bond donors (Lipinski definition) is 0. The molecule has 1 aliphatic rings. The molecule has 1 saturated carbocycles. The standard InChI is InChI=1S/C9H16O/c1-6-4-7(2)8(3)9(10)5-6/h6-8H,4-5H2,1-3H3. The largest absolute Gasteiger partial charge is 0.299 e. The Hall–Kier alpha value is -0.330. The highest BCUT2D eigenvalue weighted by Gasteiger charge is 2.28. The number of carbonyl (C=O) groups is 1. The van der Waals surface area contributed by atoms with Crippen LogP contribution < -0.4 is 0 Å². The summed E-state index contributed by atoms with van der Waals surface area (Å²) in [6.45, 7) is 6.40. The van der Waals surface area contributed by atoms with Gasteiger partial charge in [-0.05, 0) is 18.3 Å². The summed E-state index contributed by atoms with van der Waals surface area (Å²) in [5, 5.41) is 0. The molecule has 0 bridgehead atoms. The molecule has 58 valence electrons. The third-order valence-corrected chi connectivity index (χ3v) is 2.69. The number of rotatable bonds is 0. The molecule has 0 aliphatic heterocycles. The van der Waals surface area contributed by atoms with Gasteiger partial charge in [0.2, 0.25) is 0 Å². The smallest absolute Gasteiger partial charge is 0.136 e. The Balaban J connectivity index is 2.57. The van der Waals surface area contributed by atoms with Crippen molar-refractivity contribution >= 4 is 5.78 Å². The Morgan fingerprint density at radius 2 is 1.90 bits per heavy atom. The normalized spacial score (nSPS) is 41.9. The predicted octanol–water partition coefficient (Wildman–Crippen LogP) is 2.26. The third-order valence-electron chi connectivity index (χ3n) is 2.69. The van der Waals surface area contributed by atoms with Gasteiger partial charge in [0.15, 0.2) is 0 Å². The molecule has 0 aromatic heterocycles. The Bertz CT molecular complexity index is 140. The van der Waals surface area contributed by atoms with Gasteiger partial charge in [0.05, 0.1) is 0 Å². The van der Waals surface area contributed by atoms with E-state index in [-0.39, 0.29) is 0 Å². The van der Waals surface area contributed by atoms with Gasteiger partial charge in [-0.15, -0.1) is 0 Å². The molecular weight excluding hydrogens is 124 g/mol. The van der Waals surface area contributed by atoms with Gasteiger partial charge in [0, 0.05) is 12.3 Å². The number of hydrogen-bond acceptors (Lipinski definition) is 1. The minimum Gasteiger partial charge on any atom is -0.299 e. The second-order valence-corrected chi connectivity index (χ2v) is 3.78. The topological polar surface area (TPSA) is 17.1 Å². The molecule has 1 heteroatoms. The van der Waals surface area contributed by atoms with Crippen molar-refractivity contribution in [3.8, 4) is 0 Å². The van der Waals surface area contributed by atoms with Gasteiger partial charge in [-0.2, -0.15) is 0 Å². The third kappa shape index (κ3) is 1.39. The van der Waals surface area contributed by atoms with E-state index in [1.54, 1.807) is 0 Å². The molecule has 0 heterocycles. The van der Waals surface area contributed by atoms with Gasteiger partial charge < -0.3 is 0 Å². The first kappa shape index (κ1) is 7.77. The van der Waals surface area contributed by atoms with Gasteiger partial charge in [-0.25, -0.2) is 0 Å². The summed E-state index contributed by atoms with van der Waals surface area (Å²) in [7, 11) is 0. The van der Waals surface area contributed by atoms with Gasteiger partial charge >= 0.3 is 0 Å². The summed E-state index contributed by atoms with van der Waals surface area (Å²) in [5.74, 6) is 2.01. The van der Waals surface area contributed by atoms with E-state index in [1.807, 2.05) is 0 Å². The van der Waals surface area contributed by atoms with E-state index in [1.165, 1.54) is 6.42 Å². The molecule has 10 heavy (non-hydrogen) atoms. The van der Waals surface area contributed by atoms with Crippen LogP contribution in [-0.2, 0) is 4.79 Å². The molecule has 0 saturated heterocycles. The molecule has 1 fully saturated rings. The zero-order valence-electron chi connectivity index (χ0n) is 7.05. The van der Waals surface area contributed by atoms with E-state index in [9.17, 15) is 4.79 Å². The van der Waals surface area contributed by atoms with Crippen LogP contribution in [-0.4, -0.2) is 5.78 Å². The molecule has 0 radical (unpaired) electrons. The summed E-state index contributed by atoms with van der Waals surface area (Å²) in [6, 6.07) is 0. The monoisotopic (exact) mass is 140 g/mol. The highest BCUT2D eigenvalue weighted by atomic mass is 16.1. The van der Waals surface area contributed by atoms with E-state index in [0.29, 0.717) is 23.5 Å². The maximum absolute atomic E-state index is 11.2. The SMILES string of the molecule is CC1CC(=O)C(C)C(C)C1. The van der Waals surface area contributed by atoms with E-state index in [0.717, 1.165) is 6.42 Å². The van der Waals surface area contributed by atoms with Gasteiger partial charge in [-0.3, -0.25) is 4.79 Å². The average molecular weight is 140 g/mol. The van der Waals surface area contributed by atoms with Crippen molar-refractivity contribution in [2.45, 2.75) is 33.6 Å². The Kier molecular flexibility index (Phi) is 2.12. The lowest BCUT2D eigenvalue weighted by molar-refractivity contribution is -0.127. The van der Waals surface area contributed by atoms with Crippen LogP contribution in [0.4, 0.5) is 0 Å². The van der Waals surface area contributed by atoms with E-state index in [4.69, 9.17) is 0 Å². The maximum Gasteiger partial charge on any atom is 0.136 e. The average Bonchev–Trinajstić information content (AvgIpc) is 1.82. The zero-order chi connectivity index (χ0) is 7.72. The quantitative estimate of drug-likeness (QED) is 0.504. The van der Waals surface area contributed by atoms with E-state index >= 15 is 0 Å². The molecule has 1 rings (SSSR count).